The Morgan fingerprint density at radius 2 is 1.97 bits per heavy atom. The monoisotopic (exact) mass is 513 g/mol. The molecule has 0 bridgehead atoms. The fourth-order valence-electron chi connectivity index (χ4n) is 4.46. The van der Waals surface area contributed by atoms with Gasteiger partial charge in [-0.3, -0.25) is 9.89 Å². The summed E-state index contributed by atoms with van der Waals surface area (Å²) in [7, 11) is 2.23. The van der Waals surface area contributed by atoms with Crippen molar-refractivity contribution in [3.05, 3.63) is 35.4 Å². The molecule has 0 spiro atoms. The molecule has 164 valence electrons. The minimum atomic E-state index is 0. The van der Waals surface area contributed by atoms with E-state index in [1.807, 2.05) is 0 Å². The van der Waals surface area contributed by atoms with Gasteiger partial charge in [0.15, 0.2) is 5.96 Å². The van der Waals surface area contributed by atoms with Gasteiger partial charge in [0.05, 0.1) is 0 Å². The molecule has 2 aliphatic heterocycles. The topological polar surface area (TPSA) is 42.9 Å². The van der Waals surface area contributed by atoms with Crippen LogP contribution in [-0.2, 0) is 6.54 Å². The van der Waals surface area contributed by atoms with Gasteiger partial charge in [0.1, 0.15) is 0 Å². The molecule has 5 nitrogen and oxygen atoms in total. The van der Waals surface area contributed by atoms with Gasteiger partial charge in [-0.05, 0) is 64.6 Å². The number of benzene rings is 1. The van der Waals surface area contributed by atoms with E-state index >= 15 is 0 Å². The number of hydrogen-bond donors (Lipinski definition) is 2. The van der Waals surface area contributed by atoms with E-state index < -0.39 is 0 Å². The Kier molecular flexibility index (Phi) is 10.7. The lowest BCUT2D eigenvalue weighted by molar-refractivity contribution is 0.198. The quantitative estimate of drug-likeness (QED) is 0.348. The number of aliphatic imine (C=N–C) groups is 1. The number of halogens is 1. The SMILES string of the molecule is CCNC(=NCC1CCCN(C)C1)NC1CCN(Cc2cccc(C)c2)CC1.I. The smallest absolute Gasteiger partial charge is 0.191 e. The predicted molar refractivity (Wildman–Crippen MR) is 134 cm³/mol. The lowest BCUT2D eigenvalue weighted by Gasteiger charge is -2.33. The highest BCUT2D eigenvalue weighted by Gasteiger charge is 2.21. The third kappa shape index (κ3) is 8.42. The third-order valence-corrected chi connectivity index (χ3v) is 5.99. The largest absolute Gasteiger partial charge is 0.357 e. The van der Waals surface area contributed by atoms with Crippen molar-refractivity contribution in [2.75, 3.05) is 46.3 Å². The highest BCUT2D eigenvalue weighted by atomic mass is 127. The molecule has 0 saturated carbocycles. The number of likely N-dealkylation sites (tertiary alicyclic amines) is 2. The van der Waals surface area contributed by atoms with Crippen LogP contribution in [0.1, 0.15) is 43.7 Å². The summed E-state index contributed by atoms with van der Waals surface area (Å²) in [6, 6.07) is 9.42. The van der Waals surface area contributed by atoms with Crippen LogP contribution in [0.4, 0.5) is 0 Å². The maximum atomic E-state index is 4.92. The Balaban J connectivity index is 0.00000300. The van der Waals surface area contributed by atoms with Gasteiger partial charge in [0, 0.05) is 45.3 Å². The first-order valence-electron chi connectivity index (χ1n) is 11.1. The lowest BCUT2D eigenvalue weighted by Crippen LogP contribution is -2.48. The van der Waals surface area contributed by atoms with Gasteiger partial charge in [0.2, 0.25) is 0 Å². The molecule has 0 aliphatic carbocycles. The van der Waals surface area contributed by atoms with Gasteiger partial charge in [-0.2, -0.15) is 0 Å². The molecule has 1 unspecified atom stereocenters. The molecule has 29 heavy (non-hydrogen) atoms. The Hall–Kier alpha value is -0.860. The molecule has 0 amide bonds. The van der Waals surface area contributed by atoms with Crippen molar-refractivity contribution in [1.82, 2.24) is 20.4 Å². The summed E-state index contributed by atoms with van der Waals surface area (Å²) in [5.41, 5.74) is 2.78. The second kappa shape index (κ2) is 12.7. The normalized spacial score (nSPS) is 22.2. The fraction of sp³-hybridized carbons (Fsp3) is 0.696. The van der Waals surface area contributed by atoms with Gasteiger partial charge in [-0.25, -0.2) is 0 Å². The summed E-state index contributed by atoms with van der Waals surface area (Å²) in [6.45, 7) is 12.0. The molecule has 2 aliphatic rings. The van der Waals surface area contributed by atoms with Crippen LogP contribution >= 0.6 is 24.0 Å². The highest BCUT2D eigenvalue weighted by Crippen LogP contribution is 2.16. The van der Waals surface area contributed by atoms with E-state index in [4.69, 9.17) is 4.99 Å². The van der Waals surface area contributed by atoms with E-state index in [0.717, 1.165) is 38.7 Å². The summed E-state index contributed by atoms with van der Waals surface area (Å²) in [5.74, 6) is 1.71. The second-order valence-corrected chi connectivity index (χ2v) is 8.67. The molecular formula is C23H40IN5. The number of nitrogens with one attached hydrogen (secondary N) is 2. The fourth-order valence-corrected chi connectivity index (χ4v) is 4.46. The minimum absolute atomic E-state index is 0. The number of rotatable bonds is 6. The van der Waals surface area contributed by atoms with Gasteiger partial charge in [-0.1, -0.05) is 29.8 Å². The van der Waals surface area contributed by atoms with E-state index in [1.165, 1.54) is 49.9 Å². The van der Waals surface area contributed by atoms with Crippen LogP contribution in [0.2, 0.25) is 0 Å². The van der Waals surface area contributed by atoms with Gasteiger partial charge >= 0.3 is 0 Å². The standard InChI is InChI=1S/C23H39N5.HI/c1-4-24-23(25-16-21-9-6-12-27(3)17-21)26-22-10-13-28(14-11-22)18-20-8-5-7-19(2)15-20;/h5,7-8,15,21-22H,4,6,9-14,16-18H2,1-3H3,(H2,24,25,26);1H. The molecule has 6 heteroatoms. The Labute approximate surface area is 194 Å². The predicted octanol–water partition coefficient (Wildman–Crippen LogP) is 3.47. The molecule has 2 N–H and O–H groups in total. The zero-order valence-corrected chi connectivity index (χ0v) is 20.8. The molecule has 2 heterocycles. The molecule has 2 fully saturated rings. The summed E-state index contributed by atoms with van der Waals surface area (Å²) >= 11 is 0. The molecule has 1 aromatic rings. The van der Waals surface area contributed by atoms with E-state index in [9.17, 15) is 0 Å². The van der Waals surface area contributed by atoms with Gasteiger partial charge in [0.25, 0.3) is 0 Å². The van der Waals surface area contributed by atoms with E-state index in [0.29, 0.717) is 12.0 Å². The van der Waals surface area contributed by atoms with Crippen LogP contribution in [0.3, 0.4) is 0 Å². The highest BCUT2D eigenvalue weighted by molar-refractivity contribution is 14.0. The number of guanidine groups is 1. The average Bonchev–Trinajstić information content (AvgIpc) is 2.68. The van der Waals surface area contributed by atoms with E-state index in [-0.39, 0.29) is 24.0 Å². The van der Waals surface area contributed by atoms with Crippen molar-refractivity contribution in [3.8, 4) is 0 Å². The number of hydrogen-bond acceptors (Lipinski definition) is 3. The van der Waals surface area contributed by atoms with Crippen molar-refractivity contribution in [3.63, 3.8) is 0 Å². The van der Waals surface area contributed by atoms with E-state index in [2.05, 4.69) is 65.6 Å². The molecular weight excluding hydrogens is 473 g/mol. The summed E-state index contributed by atoms with van der Waals surface area (Å²) in [4.78, 5) is 9.93. The molecule has 0 aromatic heterocycles. The number of nitrogens with zero attached hydrogens (tertiary/aromatic N) is 3. The molecule has 3 rings (SSSR count). The Morgan fingerprint density at radius 1 is 1.17 bits per heavy atom. The maximum absolute atomic E-state index is 4.92. The molecule has 1 aromatic carbocycles. The Bertz CT molecular complexity index is 627. The zero-order chi connectivity index (χ0) is 19.8. The number of aryl methyl sites for hydroxylation is 1. The van der Waals surface area contributed by atoms with E-state index in [1.54, 1.807) is 0 Å². The Morgan fingerprint density at radius 3 is 2.66 bits per heavy atom. The van der Waals surface area contributed by atoms with Crippen LogP contribution in [0.15, 0.2) is 29.3 Å². The zero-order valence-electron chi connectivity index (χ0n) is 18.5. The maximum Gasteiger partial charge on any atom is 0.191 e. The first-order valence-corrected chi connectivity index (χ1v) is 11.1. The van der Waals surface area contributed by atoms with Crippen molar-refractivity contribution < 1.29 is 0 Å². The number of piperidine rings is 2. The summed E-state index contributed by atoms with van der Waals surface area (Å²) in [5, 5.41) is 7.15. The van der Waals surface area contributed by atoms with Crippen molar-refractivity contribution in [1.29, 1.82) is 0 Å². The van der Waals surface area contributed by atoms with Crippen molar-refractivity contribution >= 4 is 29.9 Å². The van der Waals surface area contributed by atoms with Crippen LogP contribution in [0.5, 0.6) is 0 Å². The van der Waals surface area contributed by atoms with Gasteiger partial charge in [-0.15, -0.1) is 24.0 Å². The van der Waals surface area contributed by atoms with Crippen LogP contribution in [0, 0.1) is 12.8 Å². The third-order valence-electron chi connectivity index (χ3n) is 5.99. The molecule has 2 saturated heterocycles. The minimum Gasteiger partial charge on any atom is -0.357 e. The molecule has 0 radical (unpaired) electrons. The first kappa shape index (κ1) is 24.4. The van der Waals surface area contributed by atoms with Gasteiger partial charge < -0.3 is 15.5 Å². The summed E-state index contributed by atoms with van der Waals surface area (Å²) < 4.78 is 0. The van der Waals surface area contributed by atoms with Crippen molar-refractivity contribution in [2.45, 2.75) is 52.1 Å². The second-order valence-electron chi connectivity index (χ2n) is 8.67. The van der Waals surface area contributed by atoms with Crippen LogP contribution in [-0.4, -0.2) is 68.1 Å². The summed E-state index contributed by atoms with van der Waals surface area (Å²) in [6.07, 6.45) is 4.98. The van der Waals surface area contributed by atoms with Crippen molar-refractivity contribution in [2.24, 2.45) is 10.9 Å². The van der Waals surface area contributed by atoms with Crippen LogP contribution < -0.4 is 10.6 Å². The first-order chi connectivity index (χ1) is 13.6. The molecule has 1 atom stereocenters. The van der Waals surface area contributed by atoms with Crippen LogP contribution in [0.25, 0.3) is 0 Å². The lowest BCUT2D eigenvalue weighted by atomic mass is 9.99. The average molecular weight is 514 g/mol.